The van der Waals surface area contributed by atoms with Gasteiger partial charge in [0.2, 0.25) is 0 Å². The predicted octanol–water partition coefficient (Wildman–Crippen LogP) is 2.43. The highest BCUT2D eigenvalue weighted by molar-refractivity contribution is 9.10. The third kappa shape index (κ3) is 2.33. The minimum atomic E-state index is -0.00231. The first-order valence-electron chi connectivity index (χ1n) is 6.17. The molecule has 0 amide bonds. The molecular weight excluding hydrogens is 292 g/mol. The fraction of sp³-hybridized carbons (Fsp3) is 0.385. The molecule has 0 fully saturated rings. The van der Waals surface area contributed by atoms with E-state index >= 15 is 0 Å². The van der Waals surface area contributed by atoms with Gasteiger partial charge in [-0.05, 0) is 30.5 Å². The molecule has 0 saturated heterocycles. The summed E-state index contributed by atoms with van der Waals surface area (Å²) in [4.78, 5) is 4.58. The third-order valence-corrected chi connectivity index (χ3v) is 3.70. The number of halogens is 1. The van der Waals surface area contributed by atoms with Crippen LogP contribution in [0.15, 0.2) is 28.7 Å². The van der Waals surface area contributed by atoms with Gasteiger partial charge >= 0.3 is 0 Å². The molecule has 1 aromatic carbocycles. The summed E-state index contributed by atoms with van der Waals surface area (Å²) >= 11 is 3.48. The lowest BCUT2D eigenvalue weighted by Gasteiger charge is -2.18. The van der Waals surface area contributed by atoms with E-state index in [1.54, 1.807) is 0 Å². The van der Waals surface area contributed by atoms with Crippen LogP contribution in [-0.4, -0.2) is 14.8 Å². The van der Waals surface area contributed by atoms with Gasteiger partial charge in [0, 0.05) is 17.3 Å². The molecule has 94 valence electrons. The van der Waals surface area contributed by atoms with Crippen LogP contribution in [0, 0.1) is 0 Å². The number of rotatable bonds is 2. The van der Waals surface area contributed by atoms with Crippen molar-refractivity contribution in [2.45, 2.75) is 31.8 Å². The Hall–Kier alpha value is -1.20. The highest BCUT2D eigenvalue weighted by Crippen LogP contribution is 2.20. The number of hydrogen-bond acceptors (Lipinski definition) is 3. The number of aryl methyl sites for hydroxylation is 1. The molecule has 3 rings (SSSR count). The van der Waals surface area contributed by atoms with Crippen LogP contribution >= 0.6 is 15.9 Å². The van der Waals surface area contributed by atoms with Gasteiger partial charge in [0.25, 0.3) is 0 Å². The Labute approximate surface area is 114 Å². The normalized spacial score (nSPS) is 18.7. The number of benzene rings is 1. The topological polar surface area (TPSA) is 56.7 Å². The van der Waals surface area contributed by atoms with Crippen molar-refractivity contribution in [2.75, 3.05) is 0 Å². The number of nitrogens with two attached hydrogens (primary N) is 1. The van der Waals surface area contributed by atoms with Gasteiger partial charge in [-0.25, -0.2) is 9.67 Å². The number of hydrogen-bond donors (Lipinski definition) is 1. The van der Waals surface area contributed by atoms with Crippen LogP contribution < -0.4 is 5.73 Å². The minimum Gasteiger partial charge on any atom is -0.310 e. The molecule has 0 saturated carbocycles. The zero-order valence-corrected chi connectivity index (χ0v) is 11.6. The summed E-state index contributed by atoms with van der Waals surface area (Å²) in [5.41, 5.74) is 7.24. The molecule has 2 aromatic rings. The fourth-order valence-electron chi connectivity index (χ4n) is 2.34. The number of nitrogens with zero attached hydrogens (tertiary/aromatic N) is 3. The van der Waals surface area contributed by atoms with Crippen molar-refractivity contribution in [2.24, 2.45) is 5.73 Å². The summed E-state index contributed by atoms with van der Waals surface area (Å²) in [6.45, 7) is 0. The van der Waals surface area contributed by atoms with Crippen molar-refractivity contribution in [1.29, 1.82) is 0 Å². The van der Waals surface area contributed by atoms with Crippen LogP contribution in [0.1, 0.15) is 36.2 Å². The highest BCUT2D eigenvalue weighted by Gasteiger charge is 2.19. The maximum absolute atomic E-state index is 6.03. The first-order valence-corrected chi connectivity index (χ1v) is 6.96. The zero-order valence-electron chi connectivity index (χ0n) is 10.0. The second-order valence-electron chi connectivity index (χ2n) is 4.66. The SMILES string of the molecule is NC1CCCc2nc(Cc3cccc(Br)c3)nn21. The van der Waals surface area contributed by atoms with E-state index in [-0.39, 0.29) is 6.17 Å². The Bertz CT molecular complexity index is 564. The molecule has 1 unspecified atom stereocenters. The largest absolute Gasteiger partial charge is 0.310 e. The van der Waals surface area contributed by atoms with Crippen LogP contribution in [0.5, 0.6) is 0 Å². The van der Waals surface area contributed by atoms with Gasteiger partial charge in [0.1, 0.15) is 12.0 Å². The highest BCUT2D eigenvalue weighted by atomic mass is 79.9. The lowest BCUT2D eigenvalue weighted by molar-refractivity contribution is 0.371. The van der Waals surface area contributed by atoms with Crippen molar-refractivity contribution in [3.8, 4) is 0 Å². The smallest absolute Gasteiger partial charge is 0.155 e. The number of fused-ring (bicyclic) bond motifs is 1. The zero-order chi connectivity index (χ0) is 12.5. The second kappa shape index (κ2) is 4.82. The molecule has 5 heteroatoms. The summed E-state index contributed by atoms with van der Waals surface area (Å²) < 4.78 is 2.97. The quantitative estimate of drug-likeness (QED) is 0.927. The van der Waals surface area contributed by atoms with E-state index < -0.39 is 0 Å². The molecule has 1 atom stereocenters. The molecule has 2 N–H and O–H groups in total. The molecule has 0 bridgehead atoms. The summed E-state index contributed by atoms with van der Waals surface area (Å²) in [6, 6.07) is 8.23. The fourth-order valence-corrected chi connectivity index (χ4v) is 2.78. The Morgan fingerprint density at radius 3 is 3.11 bits per heavy atom. The van der Waals surface area contributed by atoms with E-state index in [1.165, 1.54) is 5.56 Å². The van der Waals surface area contributed by atoms with Crippen LogP contribution in [-0.2, 0) is 12.8 Å². The van der Waals surface area contributed by atoms with Crippen molar-refractivity contribution < 1.29 is 0 Å². The van der Waals surface area contributed by atoms with Gasteiger partial charge in [-0.3, -0.25) is 0 Å². The molecule has 0 spiro atoms. The maximum Gasteiger partial charge on any atom is 0.155 e. The summed E-state index contributed by atoms with van der Waals surface area (Å²) in [7, 11) is 0. The lowest BCUT2D eigenvalue weighted by Crippen LogP contribution is -2.25. The van der Waals surface area contributed by atoms with E-state index in [0.29, 0.717) is 0 Å². The van der Waals surface area contributed by atoms with Crippen LogP contribution in [0.4, 0.5) is 0 Å². The molecular formula is C13H15BrN4. The standard InChI is InChI=1S/C13H15BrN4/c14-10-4-1-3-9(7-10)8-12-16-13-6-2-5-11(15)18(13)17-12/h1,3-4,7,11H,2,5-6,8,15H2. The summed E-state index contributed by atoms with van der Waals surface area (Å²) in [5, 5.41) is 4.52. The maximum atomic E-state index is 6.03. The Morgan fingerprint density at radius 2 is 2.33 bits per heavy atom. The first-order chi connectivity index (χ1) is 8.72. The monoisotopic (exact) mass is 306 g/mol. The lowest BCUT2D eigenvalue weighted by atomic mass is 10.1. The molecule has 0 radical (unpaired) electrons. The van der Waals surface area contributed by atoms with Crippen molar-refractivity contribution in [1.82, 2.24) is 14.8 Å². The first kappa shape index (κ1) is 11.9. The molecule has 4 nitrogen and oxygen atoms in total. The van der Waals surface area contributed by atoms with Crippen molar-refractivity contribution in [3.63, 3.8) is 0 Å². The van der Waals surface area contributed by atoms with Crippen molar-refractivity contribution >= 4 is 15.9 Å². The van der Waals surface area contributed by atoms with Crippen LogP contribution in [0.25, 0.3) is 0 Å². The Balaban J connectivity index is 1.85. The predicted molar refractivity (Wildman–Crippen MR) is 73.1 cm³/mol. The average Bonchev–Trinajstić information content (AvgIpc) is 2.73. The van der Waals surface area contributed by atoms with Gasteiger partial charge in [0.05, 0.1) is 0 Å². The average molecular weight is 307 g/mol. The molecule has 1 aliphatic heterocycles. The van der Waals surface area contributed by atoms with Gasteiger partial charge in [-0.1, -0.05) is 28.1 Å². The van der Waals surface area contributed by atoms with Gasteiger partial charge in [-0.15, -0.1) is 0 Å². The Morgan fingerprint density at radius 1 is 1.44 bits per heavy atom. The Kier molecular flexibility index (Phi) is 3.18. The van der Waals surface area contributed by atoms with E-state index in [2.05, 4.69) is 38.1 Å². The van der Waals surface area contributed by atoms with Crippen molar-refractivity contribution in [3.05, 3.63) is 46.0 Å². The van der Waals surface area contributed by atoms with E-state index in [1.807, 2.05) is 16.8 Å². The molecule has 1 aliphatic rings. The van der Waals surface area contributed by atoms with E-state index in [4.69, 9.17) is 5.73 Å². The summed E-state index contributed by atoms with van der Waals surface area (Å²) in [6.07, 6.45) is 3.84. The molecule has 18 heavy (non-hydrogen) atoms. The van der Waals surface area contributed by atoms with Gasteiger partial charge in [0.15, 0.2) is 5.82 Å². The summed E-state index contributed by atoms with van der Waals surface area (Å²) in [5.74, 6) is 1.89. The van der Waals surface area contributed by atoms with Crippen LogP contribution in [0.2, 0.25) is 0 Å². The van der Waals surface area contributed by atoms with Gasteiger partial charge in [-0.2, -0.15) is 5.10 Å². The molecule has 0 aliphatic carbocycles. The van der Waals surface area contributed by atoms with Crippen LogP contribution in [0.3, 0.4) is 0 Å². The molecule has 1 aromatic heterocycles. The number of aromatic nitrogens is 3. The van der Waals surface area contributed by atoms with E-state index in [9.17, 15) is 0 Å². The van der Waals surface area contributed by atoms with Gasteiger partial charge < -0.3 is 5.73 Å². The third-order valence-electron chi connectivity index (χ3n) is 3.21. The second-order valence-corrected chi connectivity index (χ2v) is 5.57. The van der Waals surface area contributed by atoms with E-state index in [0.717, 1.165) is 41.8 Å². The molecule has 2 heterocycles. The minimum absolute atomic E-state index is 0.00231.